The first-order valence-electron chi connectivity index (χ1n) is 7.34. The number of carbonyl (C=O) groups is 1. The van der Waals surface area contributed by atoms with Crippen LogP contribution in [0.5, 0.6) is 0 Å². The topological polar surface area (TPSA) is 70.6 Å². The Morgan fingerprint density at radius 1 is 1.38 bits per heavy atom. The van der Waals surface area contributed by atoms with Crippen LogP contribution in [0.15, 0.2) is 0 Å². The van der Waals surface area contributed by atoms with Gasteiger partial charge < -0.3 is 9.84 Å². The van der Waals surface area contributed by atoms with Gasteiger partial charge in [-0.25, -0.2) is 10.9 Å². The van der Waals surface area contributed by atoms with Crippen LogP contribution in [0.3, 0.4) is 0 Å². The van der Waals surface area contributed by atoms with Crippen LogP contribution in [-0.2, 0) is 9.53 Å². The molecular formula is C13H22N2O3S3. The zero-order chi connectivity index (χ0) is 14.8. The minimum atomic E-state index is -0.302. The number of aliphatic hydroxyl groups is 1. The lowest BCUT2D eigenvalue weighted by molar-refractivity contribution is -0.168. The second-order valence-corrected chi connectivity index (χ2v) is 9.67. The van der Waals surface area contributed by atoms with Crippen molar-refractivity contribution < 1.29 is 14.6 Å². The van der Waals surface area contributed by atoms with Crippen molar-refractivity contribution in [2.75, 3.05) is 12.0 Å². The van der Waals surface area contributed by atoms with Crippen LogP contribution in [0.2, 0.25) is 0 Å². The van der Waals surface area contributed by atoms with Crippen molar-refractivity contribution in [1.29, 1.82) is 0 Å². The Labute approximate surface area is 138 Å². The molecule has 3 fully saturated rings. The molecule has 2 saturated heterocycles. The number of rotatable bonds is 4. The molecule has 3 N–H and O–H groups in total. The van der Waals surface area contributed by atoms with E-state index < -0.39 is 0 Å². The highest BCUT2D eigenvalue weighted by Gasteiger charge is 2.42. The number of hydrogen-bond donors (Lipinski definition) is 3. The Morgan fingerprint density at radius 3 is 2.95 bits per heavy atom. The number of nitrogens with one attached hydrogen (secondary N) is 2. The maximum Gasteiger partial charge on any atom is 0.306 e. The van der Waals surface area contributed by atoms with Crippen LogP contribution < -0.4 is 10.9 Å². The van der Waals surface area contributed by atoms with E-state index in [1.54, 1.807) is 11.8 Å². The highest BCUT2D eigenvalue weighted by Crippen LogP contribution is 2.41. The molecule has 3 rings (SSSR count). The summed E-state index contributed by atoms with van der Waals surface area (Å²) in [4.78, 5) is 11.8. The van der Waals surface area contributed by atoms with Crippen LogP contribution in [0.25, 0.3) is 0 Å². The summed E-state index contributed by atoms with van der Waals surface area (Å²) in [6.45, 7) is 0. The van der Waals surface area contributed by atoms with Crippen molar-refractivity contribution in [3.63, 3.8) is 0 Å². The van der Waals surface area contributed by atoms with Crippen LogP contribution in [-0.4, -0.2) is 44.7 Å². The minimum absolute atomic E-state index is 0.0677. The molecule has 2 heterocycles. The molecule has 0 amide bonds. The second kappa shape index (κ2) is 7.31. The molecule has 0 aromatic carbocycles. The first kappa shape index (κ1) is 16.3. The van der Waals surface area contributed by atoms with Crippen molar-refractivity contribution >= 4 is 41.3 Å². The average Bonchev–Trinajstić information content (AvgIpc) is 2.92. The summed E-state index contributed by atoms with van der Waals surface area (Å²) in [6.07, 6.45) is 4.68. The minimum Gasteiger partial charge on any atom is -0.462 e. The molecule has 0 aromatic rings. The molecule has 6 unspecified atom stereocenters. The van der Waals surface area contributed by atoms with E-state index in [1.807, 2.05) is 23.5 Å². The van der Waals surface area contributed by atoms with Gasteiger partial charge in [-0.1, -0.05) is 11.8 Å². The number of hydrogen-bond acceptors (Lipinski definition) is 8. The van der Waals surface area contributed by atoms with Crippen LogP contribution >= 0.6 is 35.3 Å². The normalized spacial score (nSPS) is 43.4. The fraction of sp³-hybridized carbons (Fsp3) is 0.923. The van der Waals surface area contributed by atoms with Gasteiger partial charge in [0.1, 0.15) is 15.5 Å². The van der Waals surface area contributed by atoms with Gasteiger partial charge in [0.15, 0.2) is 0 Å². The molecule has 0 spiro atoms. The van der Waals surface area contributed by atoms with Gasteiger partial charge in [0, 0.05) is 18.8 Å². The smallest absolute Gasteiger partial charge is 0.306 e. The van der Waals surface area contributed by atoms with Gasteiger partial charge in [0.05, 0.1) is 6.10 Å². The summed E-state index contributed by atoms with van der Waals surface area (Å²) in [5.41, 5.74) is 6.53. The van der Waals surface area contributed by atoms with E-state index >= 15 is 0 Å². The van der Waals surface area contributed by atoms with Crippen molar-refractivity contribution in [2.45, 2.75) is 47.3 Å². The number of aliphatic hydroxyl groups excluding tert-OH is 1. The number of esters is 1. The van der Waals surface area contributed by atoms with Crippen molar-refractivity contribution in [3.05, 3.63) is 0 Å². The molecule has 120 valence electrons. The van der Waals surface area contributed by atoms with E-state index in [4.69, 9.17) is 4.74 Å². The predicted molar refractivity (Wildman–Crippen MR) is 88.7 cm³/mol. The van der Waals surface area contributed by atoms with Crippen molar-refractivity contribution in [1.82, 2.24) is 10.9 Å². The van der Waals surface area contributed by atoms with E-state index in [2.05, 4.69) is 17.1 Å². The molecule has 3 aliphatic rings. The standard InChI is InChI=1S/C13H22N2O3S3/c1-19-12-14-15-13(21-12)20-6-7-4-11(17)18-10-5-8(16)2-3-9(7)10/h7-10,12-16H,2-6H2,1H3. The third-order valence-electron chi connectivity index (χ3n) is 4.37. The Morgan fingerprint density at radius 2 is 2.19 bits per heavy atom. The van der Waals surface area contributed by atoms with E-state index in [0.29, 0.717) is 34.1 Å². The van der Waals surface area contributed by atoms with E-state index in [1.165, 1.54) is 0 Å². The zero-order valence-corrected chi connectivity index (χ0v) is 14.4. The Hall–Kier alpha value is 0.400. The summed E-state index contributed by atoms with van der Waals surface area (Å²) in [5, 5.41) is 9.76. The molecule has 0 radical (unpaired) electrons. The molecule has 0 bridgehead atoms. The maximum absolute atomic E-state index is 11.8. The van der Waals surface area contributed by atoms with E-state index in [9.17, 15) is 9.90 Å². The molecule has 5 nitrogen and oxygen atoms in total. The number of ether oxygens (including phenoxy) is 1. The van der Waals surface area contributed by atoms with Crippen LogP contribution in [0.1, 0.15) is 25.7 Å². The van der Waals surface area contributed by atoms with Crippen LogP contribution in [0, 0.1) is 11.8 Å². The molecule has 1 aliphatic carbocycles. The highest BCUT2D eigenvalue weighted by atomic mass is 32.2. The first-order chi connectivity index (χ1) is 10.2. The lowest BCUT2D eigenvalue weighted by atomic mass is 9.75. The maximum atomic E-state index is 11.8. The lowest BCUT2D eigenvalue weighted by Crippen LogP contribution is -2.45. The summed E-state index contributed by atoms with van der Waals surface area (Å²) >= 11 is 5.54. The van der Waals surface area contributed by atoms with Crippen LogP contribution in [0.4, 0.5) is 0 Å². The second-order valence-electron chi connectivity index (χ2n) is 5.78. The quantitative estimate of drug-likeness (QED) is 0.660. The van der Waals surface area contributed by atoms with Gasteiger partial charge in [0.2, 0.25) is 0 Å². The first-order valence-corrected chi connectivity index (χ1v) is 10.6. The van der Waals surface area contributed by atoms with Crippen molar-refractivity contribution in [2.24, 2.45) is 11.8 Å². The third-order valence-corrected chi connectivity index (χ3v) is 8.34. The zero-order valence-electron chi connectivity index (χ0n) is 12.0. The molecule has 0 aromatic heterocycles. The molecular weight excluding hydrogens is 328 g/mol. The molecule has 2 aliphatic heterocycles. The molecule has 21 heavy (non-hydrogen) atoms. The van der Waals surface area contributed by atoms with Crippen molar-refractivity contribution in [3.8, 4) is 0 Å². The Kier molecular flexibility index (Phi) is 5.66. The number of hydrazine groups is 1. The van der Waals surface area contributed by atoms with Gasteiger partial charge in [-0.2, -0.15) is 0 Å². The number of carbonyl (C=O) groups excluding carboxylic acids is 1. The Bertz CT molecular complexity index is 388. The monoisotopic (exact) mass is 350 g/mol. The van der Waals surface area contributed by atoms with Gasteiger partial charge in [0.25, 0.3) is 0 Å². The number of thioether (sulfide) groups is 3. The largest absolute Gasteiger partial charge is 0.462 e. The van der Waals surface area contributed by atoms with Gasteiger partial charge in [-0.3, -0.25) is 4.79 Å². The molecule has 1 saturated carbocycles. The predicted octanol–water partition coefficient (Wildman–Crippen LogP) is 1.58. The Balaban J connectivity index is 1.53. The summed E-state index contributed by atoms with van der Waals surface area (Å²) in [6, 6.07) is 0. The molecule has 6 atom stereocenters. The lowest BCUT2D eigenvalue weighted by Gasteiger charge is -2.41. The summed E-state index contributed by atoms with van der Waals surface area (Å²) in [7, 11) is 0. The average molecular weight is 351 g/mol. The van der Waals surface area contributed by atoms with Gasteiger partial charge in [-0.05, 0) is 30.8 Å². The third kappa shape index (κ3) is 4.03. The fourth-order valence-corrected chi connectivity index (χ4v) is 6.79. The summed E-state index contributed by atoms with van der Waals surface area (Å²) < 4.78 is 6.19. The number of fused-ring (bicyclic) bond motifs is 1. The fourth-order valence-electron chi connectivity index (χ4n) is 3.29. The molecule has 8 heteroatoms. The highest BCUT2D eigenvalue weighted by molar-refractivity contribution is 8.24. The van der Waals surface area contributed by atoms with Gasteiger partial charge >= 0.3 is 5.97 Å². The van der Waals surface area contributed by atoms with E-state index in [-0.39, 0.29) is 18.2 Å². The summed E-state index contributed by atoms with van der Waals surface area (Å²) in [5.74, 6) is 1.68. The SMILES string of the molecule is CSC1NNC(SCC2CC(=O)OC3CC(O)CCC23)S1. The van der Waals surface area contributed by atoms with Gasteiger partial charge in [-0.15, -0.1) is 23.5 Å². The van der Waals surface area contributed by atoms with E-state index in [0.717, 1.165) is 18.6 Å².